The molecule has 0 bridgehead atoms. The van der Waals surface area contributed by atoms with Crippen molar-refractivity contribution in [2.24, 2.45) is 4.99 Å². The zero-order chi connectivity index (χ0) is 17.5. The zero-order valence-corrected chi connectivity index (χ0v) is 17.0. The van der Waals surface area contributed by atoms with Crippen LogP contribution in [0.1, 0.15) is 18.9 Å². The lowest BCUT2D eigenvalue weighted by molar-refractivity contribution is 0.408. The number of hydrogen-bond acceptors (Lipinski definition) is 4. The van der Waals surface area contributed by atoms with E-state index in [9.17, 15) is 0 Å². The maximum Gasteiger partial charge on any atom is 0.193 e. The lowest BCUT2D eigenvalue weighted by atomic mass is 10.2. The number of guanidine groups is 1. The second kappa shape index (κ2) is 9.62. The maximum absolute atomic E-state index is 4.50. The van der Waals surface area contributed by atoms with Gasteiger partial charge in [0.2, 0.25) is 0 Å². The number of rotatable bonds is 4. The summed E-state index contributed by atoms with van der Waals surface area (Å²) in [6, 6.07) is 9.03. The van der Waals surface area contributed by atoms with Gasteiger partial charge in [0.1, 0.15) is 0 Å². The number of nitrogens with zero attached hydrogens (tertiary/aromatic N) is 3. The average Bonchev–Trinajstić information content (AvgIpc) is 2.70. The van der Waals surface area contributed by atoms with E-state index in [4.69, 9.17) is 0 Å². The molecule has 25 heavy (non-hydrogen) atoms. The van der Waals surface area contributed by atoms with Gasteiger partial charge in [-0.3, -0.25) is 4.99 Å². The summed E-state index contributed by atoms with van der Waals surface area (Å²) >= 11 is 4.15. The van der Waals surface area contributed by atoms with Crippen molar-refractivity contribution in [1.29, 1.82) is 0 Å². The highest BCUT2D eigenvalue weighted by Gasteiger charge is 2.21. The van der Waals surface area contributed by atoms with Crippen LogP contribution in [-0.2, 0) is 6.54 Å². The van der Waals surface area contributed by atoms with Gasteiger partial charge < -0.3 is 15.1 Å². The summed E-state index contributed by atoms with van der Waals surface area (Å²) in [7, 11) is 1.89. The van der Waals surface area contributed by atoms with Crippen LogP contribution in [0.4, 0.5) is 5.69 Å². The fraction of sp³-hybridized carbons (Fsp3) is 0.632. The summed E-state index contributed by atoms with van der Waals surface area (Å²) in [5.74, 6) is 4.72. The van der Waals surface area contributed by atoms with Crippen LogP contribution in [0.3, 0.4) is 0 Å². The van der Waals surface area contributed by atoms with Crippen LogP contribution in [0, 0.1) is 0 Å². The highest BCUT2D eigenvalue weighted by atomic mass is 32.2. The largest absolute Gasteiger partial charge is 0.370 e. The van der Waals surface area contributed by atoms with Crippen molar-refractivity contribution >= 4 is 35.2 Å². The monoisotopic (exact) mass is 378 g/mol. The predicted octanol–water partition coefficient (Wildman–Crippen LogP) is 3.14. The third-order valence-corrected chi connectivity index (χ3v) is 7.18. The molecular formula is C19H30N4S2. The topological polar surface area (TPSA) is 30.9 Å². The van der Waals surface area contributed by atoms with Gasteiger partial charge in [0.25, 0.3) is 0 Å². The van der Waals surface area contributed by atoms with Crippen molar-refractivity contribution in [2.45, 2.75) is 25.1 Å². The molecule has 2 aliphatic rings. The molecular weight excluding hydrogens is 348 g/mol. The zero-order valence-electron chi connectivity index (χ0n) is 15.4. The van der Waals surface area contributed by atoms with Gasteiger partial charge in [-0.25, -0.2) is 0 Å². The number of benzene rings is 1. The molecule has 0 radical (unpaired) electrons. The molecule has 0 aromatic heterocycles. The van der Waals surface area contributed by atoms with Crippen LogP contribution in [0.2, 0.25) is 0 Å². The molecule has 0 spiro atoms. The smallest absolute Gasteiger partial charge is 0.193 e. The third kappa shape index (κ3) is 5.23. The Morgan fingerprint density at radius 1 is 1.16 bits per heavy atom. The molecule has 0 saturated carbocycles. The van der Waals surface area contributed by atoms with Crippen LogP contribution in [0.25, 0.3) is 0 Å². The molecule has 1 atom stereocenters. The quantitative estimate of drug-likeness (QED) is 0.642. The van der Waals surface area contributed by atoms with E-state index in [1.54, 1.807) is 0 Å². The summed E-state index contributed by atoms with van der Waals surface area (Å²) < 4.78 is 0. The van der Waals surface area contributed by atoms with Crippen molar-refractivity contribution in [1.82, 2.24) is 10.2 Å². The van der Waals surface area contributed by atoms with Crippen LogP contribution < -0.4 is 10.2 Å². The third-order valence-electron chi connectivity index (χ3n) is 4.87. The molecule has 4 nitrogen and oxygen atoms in total. The van der Waals surface area contributed by atoms with E-state index in [1.165, 1.54) is 48.0 Å². The maximum atomic E-state index is 4.50. The fourth-order valence-corrected chi connectivity index (χ4v) is 5.40. The second-order valence-corrected chi connectivity index (χ2v) is 9.15. The van der Waals surface area contributed by atoms with Gasteiger partial charge >= 0.3 is 0 Å². The van der Waals surface area contributed by atoms with E-state index in [0.29, 0.717) is 0 Å². The highest BCUT2D eigenvalue weighted by molar-refractivity contribution is 8.00. The van der Waals surface area contributed by atoms with Crippen molar-refractivity contribution in [3.8, 4) is 0 Å². The lowest BCUT2D eigenvalue weighted by Crippen LogP contribution is -2.47. The molecule has 0 aliphatic carbocycles. The summed E-state index contributed by atoms with van der Waals surface area (Å²) in [5, 5.41) is 4.28. The Kier molecular flexibility index (Phi) is 7.23. The van der Waals surface area contributed by atoms with Crippen LogP contribution in [0.5, 0.6) is 0 Å². The minimum Gasteiger partial charge on any atom is -0.370 e. The van der Waals surface area contributed by atoms with Gasteiger partial charge in [0.05, 0.1) is 0 Å². The van der Waals surface area contributed by atoms with E-state index in [1.807, 2.05) is 7.05 Å². The van der Waals surface area contributed by atoms with Gasteiger partial charge in [-0.1, -0.05) is 19.1 Å². The van der Waals surface area contributed by atoms with Crippen molar-refractivity contribution < 1.29 is 0 Å². The van der Waals surface area contributed by atoms with E-state index < -0.39 is 0 Å². The van der Waals surface area contributed by atoms with Gasteiger partial charge in [-0.05, 0) is 24.1 Å². The van der Waals surface area contributed by atoms with Crippen molar-refractivity contribution in [3.63, 3.8) is 0 Å². The molecule has 1 aromatic carbocycles. The first kappa shape index (κ1) is 18.8. The first-order valence-electron chi connectivity index (χ1n) is 9.29. The Labute approximate surface area is 160 Å². The van der Waals surface area contributed by atoms with E-state index in [0.717, 1.165) is 30.8 Å². The van der Waals surface area contributed by atoms with Crippen LogP contribution in [0.15, 0.2) is 29.3 Å². The van der Waals surface area contributed by atoms with E-state index in [2.05, 4.69) is 74.8 Å². The lowest BCUT2D eigenvalue weighted by Gasteiger charge is -2.34. The molecule has 2 fully saturated rings. The molecule has 1 aromatic rings. The van der Waals surface area contributed by atoms with Crippen molar-refractivity contribution in [2.75, 3.05) is 55.4 Å². The van der Waals surface area contributed by atoms with E-state index in [-0.39, 0.29) is 0 Å². The molecule has 1 unspecified atom stereocenters. The molecule has 6 heteroatoms. The van der Waals surface area contributed by atoms with Gasteiger partial charge in [-0.15, -0.1) is 0 Å². The Morgan fingerprint density at radius 3 is 2.60 bits per heavy atom. The molecule has 2 heterocycles. The minimum atomic E-state index is 0.731. The number of thioether (sulfide) groups is 2. The van der Waals surface area contributed by atoms with E-state index >= 15 is 0 Å². The Morgan fingerprint density at radius 2 is 1.92 bits per heavy atom. The Balaban J connectivity index is 1.53. The Hall–Kier alpha value is -1.01. The van der Waals surface area contributed by atoms with Crippen LogP contribution in [-0.4, -0.2) is 66.6 Å². The molecule has 3 rings (SSSR count). The fourth-order valence-electron chi connectivity index (χ4n) is 3.32. The predicted molar refractivity (Wildman–Crippen MR) is 114 cm³/mol. The molecule has 0 amide bonds. The minimum absolute atomic E-state index is 0.731. The summed E-state index contributed by atoms with van der Waals surface area (Å²) in [5.41, 5.74) is 2.67. The molecule has 138 valence electrons. The van der Waals surface area contributed by atoms with Crippen molar-refractivity contribution in [3.05, 3.63) is 29.8 Å². The van der Waals surface area contributed by atoms with Crippen LogP contribution >= 0.6 is 23.5 Å². The summed E-state index contributed by atoms with van der Waals surface area (Å²) in [4.78, 5) is 9.39. The number of hydrogen-bond donors (Lipinski definition) is 1. The molecule has 2 aliphatic heterocycles. The molecule has 1 N–H and O–H groups in total. The number of nitrogens with one attached hydrogen (secondary N) is 1. The summed E-state index contributed by atoms with van der Waals surface area (Å²) in [6.07, 6.45) is 1.23. The molecule has 2 saturated heterocycles. The van der Waals surface area contributed by atoms with Gasteiger partial charge in [0.15, 0.2) is 5.96 Å². The Bertz CT molecular complexity index is 555. The van der Waals surface area contributed by atoms with Gasteiger partial charge in [-0.2, -0.15) is 23.5 Å². The number of anilines is 1. The second-order valence-electron chi connectivity index (χ2n) is 6.51. The number of aliphatic imine (C=N–C) groups is 1. The van der Waals surface area contributed by atoms with Gasteiger partial charge in [0, 0.05) is 68.0 Å². The SMILES string of the molecule is CCC1CN(C(=NC)NCc2ccc(N3CCSCC3)cc2)CCS1. The first-order valence-corrected chi connectivity index (χ1v) is 11.5. The first-order chi connectivity index (χ1) is 12.3. The summed E-state index contributed by atoms with van der Waals surface area (Å²) in [6.45, 7) is 7.64. The highest BCUT2D eigenvalue weighted by Crippen LogP contribution is 2.22. The standard InChI is InChI=1S/C19H30N4S2/c1-3-18-15-23(10-13-25-18)19(20-2)21-14-16-4-6-17(7-5-16)22-8-11-24-12-9-22/h4-7,18H,3,8-15H2,1-2H3,(H,20,21). The normalized spacial score (nSPS) is 22.2. The average molecular weight is 379 g/mol.